The zero-order valence-electron chi connectivity index (χ0n) is 11.1. The topological polar surface area (TPSA) is 105 Å². The van der Waals surface area contributed by atoms with Crippen molar-refractivity contribution in [3.05, 3.63) is 0 Å². The average Bonchev–Trinajstić information content (AvgIpc) is 2.37. The molecule has 0 aromatic heterocycles. The minimum absolute atomic E-state index is 0.167. The van der Waals surface area contributed by atoms with Crippen LogP contribution in [-0.2, 0) is 14.3 Å². The van der Waals surface area contributed by atoms with E-state index in [0.29, 0.717) is 12.8 Å². The Morgan fingerprint density at radius 1 is 1.32 bits per heavy atom. The van der Waals surface area contributed by atoms with Crippen LogP contribution >= 0.6 is 0 Å². The normalized spacial score (nSPS) is 24.1. The number of esters is 1. The van der Waals surface area contributed by atoms with Crippen molar-refractivity contribution in [2.24, 2.45) is 5.92 Å². The number of urea groups is 1. The third-order valence-corrected chi connectivity index (χ3v) is 3.26. The van der Waals surface area contributed by atoms with Gasteiger partial charge in [-0.1, -0.05) is 6.42 Å². The minimum atomic E-state index is -0.824. The largest absolute Gasteiger partial charge is 0.481 e. The quantitative estimate of drug-likeness (QED) is 0.646. The van der Waals surface area contributed by atoms with Gasteiger partial charge in [0.1, 0.15) is 6.04 Å². The van der Waals surface area contributed by atoms with Crippen molar-refractivity contribution in [1.82, 2.24) is 10.6 Å². The highest BCUT2D eigenvalue weighted by atomic mass is 16.5. The summed E-state index contributed by atoms with van der Waals surface area (Å²) in [6.07, 6.45) is 2.60. The second-order valence-corrected chi connectivity index (χ2v) is 4.76. The van der Waals surface area contributed by atoms with Gasteiger partial charge in [0.25, 0.3) is 0 Å². The molecule has 1 aliphatic carbocycles. The Labute approximate surface area is 111 Å². The molecule has 7 heteroatoms. The summed E-state index contributed by atoms with van der Waals surface area (Å²) in [7, 11) is 1.25. The molecule has 1 rings (SSSR count). The van der Waals surface area contributed by atoms with Crippen LogP contribution in [0.1, 0.15) is 32.6 Å². The van der Waals surface area contributed by atoms with Gasteiger partial charge in [-0.25, -0.2) is 9.59 Å². The van der Waals surface area contributed by atoms with Crippen LogP contribution in [0.3, 0.4) is 0 Å². The molecule has 2 amide bonds. The Balaban J connectivity index is 2.39. The average molecular weight is 272 g/mol. The smallest absolute Gasteiger partial charge is 0.328 e. The molecular formula is C12H20N2O5. The first-order valence-electron chi connectivity index (χ1n) is 6.31. The Kier molecular flexibility index (Phi) is 5.59. The summed E-state index contributed by atoms with van der Waals surface area (Å²) in [5, 5.41) is 14.1. The third kappa shape index (κ3) is 4.76. The number of amides is 2. The van der Waals surface area contributed by atoms with Crippen molar-refractivity contribution in [1.29, 1.82) is 0 Å². The second kappa shape index (κ2) is 6.96. The fourth-order valence-corrected chi connectivity index (χ4v) is 2.20. The van der Waals surface area contributed by atoms with Gasteiger partial charge in [-0.3, -0.25) is 4.79 Å². The maximum Gasteiger partial charge on any atom is 0.328 e. The van der Waals surface area contributed by atoms with Crippen LogP contribution in [0.25, 0.3) is 0 Å². The molecule has 1 saturated carbocycles. The lowest BCUT2D eigenvalue weighted by molar-refractivity contribution is -0.143. The molecule has 0 aliphatic heterocycles. The number of rotatable bonds is 4. The van der Waals surface area contributed by atoms with Gasteiger partial charge in [-0.15, -0.1) is 0 Å². The lowest BCUT2D eigenvalue weighted by atomic mass is 9.86. The number of methoxy groups -OCH3 is 1. The molecule has 3 N–H and O–H groups in total. The summed E-state index contributed by atoms with van der Waals surface area (Å²) in [6, 6.07) is -1.38. The number of aliphatic carboxylic acids is 1. The monoisotopic (exact) mass is 272 g/mol. The van der Waals surface area contributed by atoms with Crippen LogP contribution < -0.4 is 10.6 Å². The van der Waals surface area contributed by atoms with Crippen LogP contribution in [0.15, 0.2) is 0 Å². The molecule has 1 fully saturated rings. The first kappa shape index (κ1) is 15.3. The van der Waals surface area contributed by atoms with Gasteiger partial charge in [-0.2, -0.15) is 0 Å². The predicted octanol–water partition coefficient (Wildman–Crippen LogP) is 0.490. The van der Waals surface area contributed by atoms with Crippen LogP contribution in [0.2, 0.25) is 0 Å². The molecule has 0 aromatic carbocycles. The number of carbonyl (C=O) groups excluding carboxylic acids is 2. The maximum absolute atomic E-state index is 11.6. The maximum atomic E-state index is 11.6. The van der Waals surface area contributed by atoms with Gasteiger partial charge >= 0.3 is 18.0 Å². The van der Waals surface area contributed by atoms with Crippen LogP contribution in [0, 0.1) is 5.92 Å². The predicted molar refractivity (Wildman–Crippen MR) is 66.5 cm³/mol. The molecule has 0 heterocycles. The molecule has 0 radical (unpaired) electrons. The van der Waals surface area contributed by atoms with Gasteiger partial charge < -0.3 is 20.5 Å². The summed E-state index contributed by atoms with van der Waals surface area (Å²) in [6.45, 7) is 1.52. The van der Waals surface area contributed by atoms with Crippen molar-refractivity contribution in [3.8, 4) is 0 Å². The number of ether oxygens (including phenoxy) is 1. The summed E-state index contributed by atoms with van der Waals surface area (Å²) < 4.78 is 4.49. The van der Waals surface area contributed by atoms with Crippen LogP contribution in [0.4, 0.5) is 4.79 Å². The summed E-state index contributed by atoms with van der Waals surface area (Å²) in [5.41, 5.74) is 0. The fraction of sp³-hybridized carbons (Fsp3) is 0.750. The van der Waals surface area contributed by atoms with E-state index in [1.807, 2.05) is 0 Å². The lowest BCUT2D eigenvalue weighted by Crippen LogP contribution is -2.49. The molecule has 7 nitrogen and oxygen atoms in total. The van der Waals surface area contributed by atoms with Gasteiger partial charge in [0.15, 0.2) is 0 Å². The Morgan fingerprint density at radius 3 is 2.58 bits per heavy atom. The van der Waals surface area contributed by atoms with Crippen molar-refractivity contribution in [3.63, 3.8) is 0 Å². The first-order valence-corrected chi connectivity index (χ1v) is 6.31. The van der Waals surface area contributed by atoms with Crippen LogP contribution in [0.5, 0.6) is 0 Å². The zero-order valence-corrected chi connectivity index (χ0v) is 11.1. The lowest BCUT2D eigenvalue weighted by Gasteiger charge is -2.27. The third-order valence-electron chi connectivity index (χ3n) is 3.26. The SMILES string of the molecule is COC(=O)C(C)NC(=O)NC1CCCC(C(=O)O)C1. The van der Waals surface area contributed by atoms with Gasteiger partial charge in [0.2, 0.25) is 0 Å². The van der Waals surface area contributed by atoms with E-state index in [-0.39, 0.29) is 6.04 Å². The van der Waals surface area contributed by atoms with Crippen molar-refractivity contribution < 1.29 is 24.2 Å². The molecule has 19 heavy (non-hydrogen) atoms. The number of hydrogen-bond acceptors (Lipinski definition) is 4. The Bertz CT molecular complexity index is 358. The van der Waals surface area contributed by atoms with E-state index in [9.17, 15) is 14.4 Å². The van der Waals surface area contributed by atoms with Gasteiger partial charge in [0.05, 0.1) is 13.0 Å². The van der Waals surface area contributed by atoms with Crippen molar-refractivity contribution >= 4 is 18.0 Å². The molecule has 0 bridgehead atoms. The molecule has 0 aromatic rings. The van der Waals surface area contributed by atoms with E-state index in [4.69, 9.17) is 5.11 Å². The number of nitrogens with one attached hydrogen (secondary N) is 2. The molecule has 0 spiro atoms. The van der Waals surface area contributed by atoms with E-state index >= 15 is 0 Å². The molecular weight excluding hydrogens is 252 g/mol. The van der Waals surface area contributed by atoms with E-state index in [1.165, 1.54) is 14.0 Å². The molecule has 3 unspecified atom stereocenters. The molecule has 1 aliphatic rings. The summed E-state index contributed by atoms with van der Waals surface area (Å²) >= 11 is 0. The van der Waals surface area contributed by atoms with Gasteiger partial charge in [0, 0.05) is 6.04 Å². The standard InChI is InChI=1S/C12H20N2O5/c1-7(11(17)19-2)13-12(18)14-9-5-3-4-8(6-9)10(15)16/h7-9H,3-6H2,1-2H3,(H,15,16)(H2,13,14,18). The van der Waals surface area contributed by atoms with E-state index in [2.05, 4.69) is 15.4 Å². The Morgan fingerprint density at radius 2 is 2.00 bits per heavy atom. The molecule has 3 atom stereocenters. The van der Waals surface area contributed by atoms with E-state index < -0.39 is 29.9 Å². The van der Waals surface area contributed by atoms with Crippen molar-refractivity contribution in [2.75, 3.05) is 7.11 Å². The highest BCUT2D eigenvalue weighted by molar-refractivity contribution is 5.83. The second-order valence-electron chi connectivity index (χ2n) is 4.76. The van der Waals surface area contributed by atoms with E-state index in [0.717, 1.165) is 12.8 Å². The molecule has 0 saturated heterocycles. The van der Waals surface area contributed by atoms with Crippen molar-refractivity contribution in [2.45, 2.75) is 44.7 Å². The van der Waals surface area contributed by atoms with Gasteiger partial charge in [-0.05, 0) is 26.2 Å². The number of carboxylic acid groups (broad SMARTS) is 1. The highest BCUT2D eigenvalue weighted by Gasteiger charge is 2.28. The summed E-state index contributed by atoms with van der Waals surface area (Å²) in [4.78, 5) is 33.7. The van der Waals surface area contributed by atoms with Crippen LogP contribution in [-0.4, -0.2) is 42.3 Å². The number of carbonyl (C=O) groups is 3. The number of hydrogen-bond donors (Lipinski definition) is 3. The van der Waals surface area contributed by atoms with E-state index in [1.54, 1.807) is 0 Å². The first-order chi connectivity index (χ1) is 8.93. The molecule has 108 valence electrons. The number of carboxylic acids is 1. The highest BCUT2D eigenvalue weighted by Crippen LogP contribution is 2.24. The summed E-state index contributed by atoms with van der Waals surface area (Å²) in [5.74, 6) is -1.76. The Hall–Kier alpha value is -1.79. The minimum Gasteiger partial charge on any atom is -0.481 e. The fourth-order valence-electron chi connectivity index (χ4n) is 2.20. The zero-order chi connectivity index (χ0) is 14.4.